The molecule has 13 heteroatoms. The molecule has 214 valence electrons. The first kappa shape index (κ1) is 28.4. The van der Waals surface area contributed by atoms with Gasteiger partial charge in [0.1, 0.15) is 22.0 Å². The van der Waals surface area contributed by atoms with Gasteiger partial charge in [-0.2, -0.15) is 23.4 Å². The highest BCUT2D eigenvalue weighted by atomic mass is 32.1. The number of aromatic nitrogens is 3. The number of hydrogen-bond acceptors (Lipinski definition) is 8. The third-order valence-corrected chi connectivity index (χ3v) is 7.52. The average Bonchev–Trinajstić information content (AvgIpc) is 3.46. The summed E-state index contributed by atoms with van der Waals surface area (Å²) in [6.45, 7) is 1.29. The van der Waals surface area contributed by atoms with Crippen molar-refractivity contribution in [1.29, 1.82) is 0 Å². The molecule has 1 atom stereocenters. The highest BCUT2D eigenvalue weighted by Gasteiger charge is 2.41. The molecular formula is C28H26F4N6O2S. The minimum Gasteiger partial charge on any atom is -0.454 e. The largest absolute Gasteiger partial charge is 0.454 e. The maximum atomic E-state index is 14.8. The van der Waals surface area contributed by atoms with Gasteiger partial charge in [0.05, 0.1) is 23.8 Å². The first-order chi connectivity index (χ1) is 19.7. The maximum Gasteiger partial charge on any atom is 0.422 e. The summed E-state index contributed by atoms with van der Waals surface area (Å²) in [5.74, 6) is -2.28. The summed E-state index contributed by atoms with van der Waals surface area (Å²) < 4.78 is 64.3. The Balaban J connectivity index is 1.56. The van der Waals surface area contributed by atoms with Gasteiger partial charge >= 0.3 is 6.18 Å². The number of nitrogens with one attached hydrogen (secondary N) is 2. The highest BCUT2D eigenvalue weighted by molar-refractivity contribution is 7.13. The number of anilines is 2. The molecule has 0 aliphatic carbocycles. The van der Waals surface area contributed by atoms with Gasteiger partial charge in [-0.3, -0.25) is 4.79 Å². The number of carbonyl (C=O) groups excluding carboxylic acids is 1. The Hall–Kier alpha value is -4.10. The van der Waals surface area contributed by atoms with Crippen molar-refractivity contribution in [2.45, 2.75) is 19.0 Å². The van der Waals surface area contributed by atoms with Gasteiger partial charge in [-0.05, 0) is 62.7 Å². The number of piperidine rings is 1. The van der Waals surface area contributed by atoms with Crippen molar-refractivity contribution in [2.75, 3.05) is 36.9 Å². The molecular weight excluding hydrogens is 560 g/mol. The lowest BCUT2D eigenvalue weighted by molar-refractivity contribution is -0.138. The van der Waals surface area contributed by atoms with Gasteiger partial charge in [0.15, 0.2) is 11.6 Å². The lowest BCUT2D eigenvalue weighted by atomic mass is 9.96. The molecule has 1 saturated heterocycles. The molecule has 5 rings (SSSR count). The zero-order valence-corrected chi connectivity index (χ0v) is 22.7. The molecule has 1 fully saturated rings. The molecule has 1 aliphatic heterocycles. The van der Waals surface area contributed by atoms with Gasteiger partial charge in [-0.25, -0.2) is 9.37 Å². The Kier molecular flexibility index (Phi) is 8.45. The Bertz CT molecular complexity index is 1510. The van der Waals surface area contributed by atoms with Crippen LogP contribution in [0.15, 0.2) is 60.2 Å². The Morgan fingerprint density at radius 1 is 1.15 bits per heavy atom. The predicted molar refractivity (Wildman–Crippen MR) is 148 cm³/mol. The monoisotopic (exact) mass is 586 g/mol. The van der Waals surface area contributed by atoms with E-state index in [0.29, 0.717) is 36.6 Å². The van der Waals surface area contributed by atoms with Crippen LogP contribution in [0.4, 0.5) is 28.9 Å². The molecule has 2 N–H and O–H groups in total. The minimum absolute atomic E-state index is 0.0414. The first-order valence-corrected chi connectivity index (χ1v) is 13.7. The van der Waals surface area contributed by atoms with Gasteiger partial charge < -0.3 is 20.3 Å². The van der Waals surface area contributed by atoms with E-state index >= 15 is 0 Å². The standard InChI is InChI=1S/C28H26F4N6O2S/c1-33-13-17-5-4-12-38(15-17)25-20(36-26(39)21-16-41-27(37-21)18-10-11-34-35-14-18)8-9-23(24(25)28(30,31)32)40-22-7-3-2-6-19(22)29/h2-3,6-11,14,16-17,33H,4-5,12-13,15H2,1H3,(H,36,39)/t17-/m0/s1. The van der Waals surface area contributed by atoms with E-state index < -0.39 is 29.2 Å². The van der Waals surface area contributed by atoms with Gasteiger partial charge in [0.2, 0.25) is 0 Å². The molecule has 8 nitrogen and oxygen atoms in total. The Morgan fingerprint density at radius 3 is 2.71 bits per heavy atom. The van der Waals surface area contributed by atoms with Crippen molar-refractivity contribution < 1.29 is 27.1 Å². The van der Waals surface area contributed by atoms with E-state index in [1.54, 1.807) is 18.0 Å². The maximum absolute atomic E-state index is 14.8. The van der Waals surface area contributed by atoms with Gasteiger partial charge in [-0.1, -0.05) is 12.1 Å². The number of halogens is 4. The molecule has 41 heavy (non-hydrogen) atoms. The molecule has 2 aromatic heterocycles. The number of nitrogens with zero attached hydrogens (tertiary/aromatic N) is 4. The summed E-state index contributed by atoms with van der Waals surface area (Å²) in [5.41, 5.74) is -0.671. The van der Waals surface area contributed by atoms with Crippen molar-refractivity contribution in [2.24, 2.45) is 5.92 Å². The van der Waals surface area contributed by atoms with Crippen LogP contribution in [0.1, 0.15) is 28.9 Å². The highest BCUT2D eigenvalue weighted by Crippen LogP contribution is 2.48. The molecule has 1 amide bonds. The van der Waals surface area contributed by atoms with Crippen LogP contribution in [-0.4, -0.2) is 47.8 Å². The number of benzene rings is 2. The second-order valence-electron chi connectivity index (χ2n) is 9.50. The van der Waals surface area contributed by atoms with E-state index in [2.05, 4.69) is 25.8 Å². The van der Waals surface area contributed by atoms with Gasteiger partial charge in [0.25, 0.3) is 5.91 Å². The average molecular weight is 587 g/mol. The molecule has 4 aromatic rings. The predicted octanol–water partition coefficient (Wildman–Crippen LogP) is 6.24. The number of para-hydroxylation sites is 1. The van der Waals surface area contributed by atoms with Crippen LogP contribution < -0.4 is 20.3 Å². The molecule has 2 aromatic carbocycles. The van der Waals surface area contributed by atoms with E-state index in [1.807, 2.05) is 0 Å². The zero-order valence-electron chi connectivity index (χ0n) is 21.9. The van der Waals surface area contributed by atoms with Crippen LogP contribution in [0.3, 0.4) is 0 Å². The molecule has 0 saturated carbocycles. The van der Waals surface area contributed by atoms with Crippen LogP contribution in [0.5, 0.6) is 11.5 Å². The molecule has 0 unspecified atom stereocenters. The number of amides is 1. The van der Waals surface area contributed by atoms with E-state index in [1.165, 1.54) is 53.4 Å². The molecule has 0 spiro atoms. The summed E-state index contributed by atoms with van der Waals surface area (Å²) in [5, 5.41) is 15.3. The van der Waals surface area contributed by atoms with E-state index in [0.717, 1.165) is 18.6 Å². The molecule has 3 heterocycles. The number of alkyl halides is 3. The Morgan fingerprint density at radius 2 is 1.98 bits per heavy atom. The van der Waals surface area contributed by atoms with Crippen LogP contribution in [-0.2, 0) is 6.18 Å². The van der Waals surface area contributed by atoms with Crippen molar-refractivity contribution >= 4 is 28.6 Å². The van der Waals surface area contributed by atoms with Gasteiger partial charge in [0, 0.05) is 24.0 Å². The Labute approximate surface area is 237 Å². The summed E-state index contributed by atoms with van der Waals surface area (Å²) in [7, 11) is 1.79. The smallest absolute Gasteiger partial charge is 0.422 e. The first-order valence-electron chi connectivity index (χ1n) is 12.8. The van der Waals surface area contributed by atoms with Crippen LogP contribution in [0, 0.1) is 11.7 Å². The lowest BCUT2D eigenvalue weighted by Crippen LogP contribution is -2.40. The number of carbonyl (C=O) groups is 1. The van der Waals surface area contributed by atoms with Crippen molar-refractivity contribution in [3.05, 3.63) is 77.3 Å². The quantitative estimate of drug-likeness (QED) is 0.236. The van der Waals surface area contributed by atoms with Crippen molar-refractivity contribution in [3.8, 4) is 22.1 Å². The van der Waals surface area contributed by atoms with E-state index in [4.69, 9.17) is 4.74 Å². The van der Waals surface area contributed by atoms with Crippen LogP contribution >= 0.6 is 11.3 Å². The summed E-state index contributed by atoms with van der Waals surface area (Å²) in [4.78, 5) is 19.2. The SMILES string of the molecule is CNC[C@@H]1CCCN(c2c(NC(=O)c3csc(-c4ccnnc4)n3)ccc(Oc3ccccc3F)c2C(F)(F)F)C1. The van der Waals surface area contributed by atoms with Crippen molar-refractivity contribution in [1.82, 2.24) is 20.5 Å². The number of hydrogen-bond donors (Lipinski definition) is 2. The van der Waals surface area contributed by atoms with E-state index in [-0.39, 0.29) is 28.7 Å². The summed E-state index contributed by atoms with van der Waals surface area (Å²) in [6, 6.07) is 9.38. The topological polar surface area (TPSA) is 92.3 Å². The fourth-order valence-corrected chi connectivity index (χ4v) is 5.64. The second kappa shape index (κ2) is 12.2. The van der Waals surface area contributed by atoms with Crippen LogP contribution in [0.25, 0.3) is 10.6 Å². The second-order valence-corrected chi connectivity index (χ2v) is 10.4. The molecule has 1 aliphatic rings. The number of rotatable bonds is 8. The minimum atomic E-state index is -4.88. The van der Waals surface area contributed by atoms with E-state index in [9.17, 15) is 22.4 Å². The lowest BCUT2D eigenvalue weighted by Gasteiger charge is -2.37. The molecule has 0 radical (unpaired) electrons. The third kappa shape index (κ3) is 6.46. The third-order valence-electron chi connectivity index (χ3n) is 6.62. The van der Waals surface area contributed by atoms with Crippen molar-refractivity contribution in [3.63, 3.8) is 0 Å². The molecule has 0 bridgehead atoms. The summed E-state index contributed by atoms with van der Waals surface area (Å²) >= 11 is 1.20. The fraction of sp³-hybridized carbons (Fsp3) is 0.286. The number of ether oxygens (including phenoxy) is 1. The normalized spacial score (nSPS) is 15.5. The summed E-state index contributed by atoms with van der Waals surface area (Å²) in [6.07, 6.45) is -0.385. The zero-order chi connectivity index (χ0) is 29.0. The van der Waals surface area contributed by atoms with Crippen LogP contribution in [0.2, 0.25) is 0 Å². The van der Waals surface area contributed by atoms with Gasteiger partial charge in [-0.15, -0.1) is 11.3 Å². The number of thiazole rings is 1. The fourth-order valence-electron chi connectivity index (χ4n) is 4.84.